The van der Waals surface area contributed by atoms with Crippen molar-refractivity contribution in [1.82, 2.24) is 5.32 Å². The fourth-order valence-corrected chi connectivity index (χ4v) is 3.25. The highest BCUT2D eigenvalue weighted by Crippen LogP contribution is 2.21. The van der Waals surface area contributed by atoms with Gasteiger partial charge < -0.3 is 10.4 Å². The number of aliphatic carboxylic acids is 1. The number of nitrogens with zero attached hydrogens (tertiary/aromatic N) is 1. The van der Waals surface area contributed by atoms with E-state index < -0.39 is 38.9 Å². The Kier molecular flexibility index (Phi) is 7.36. The maximum Gasteiger partial charge on any atom is 0.327 e. The van der Waals surface area contributed by atoms with Gasteiger partial charge in [0.05, 0.1) is 23.0 Å². The Bertz CT molecular complexity index is 519. The Labute approximate surface area is 125 Å². The number of carbonyl (C=O) groups is 2. The first-order valence-corrected chi connectivity index (χ1v) is 8.43. The molecule has 0 heterocycles. The molecule has 0 saturated heterocycles. The van der Waals surface area contributed by atoms with Crippen molar-refractivity contribution < 1.29 is 23.1 Å². The van der Waals surface area contributed by atoms with Gasteiger partial charge in [0.25, 0.3) is 0 Å². The third-order valence-electron chi connectivity index (χ3n) is 2.91. The number of carboxylic acids is 1. The summed E-state index contributed by atoms with van der Waals surface area (Å²) in [7, 11) is -3.57. The number of hydrogen-bond acceptors (Lipinski definition) is 5. The number of amides is 1. The van der Waals surface area contributed by atoms with E-state index in [1.165, 1.54) is 0 Å². The maximum atomic E-state index is 11.8. The normalized spacial score (nSPS) is 13.2. The van der Waals surface area contributed by atoms with Gasteiger partial charge in [0.1, 0.15) is 6.04 Å². The first-order chi connectivity index (χ1) is 9.49. The fraction of sp³-hybridized carbons (Fsp3) is 0.769. The highest BCUT2D eigenvalue weighted by molar-refractivity contribution is 7.91. The smallest absolute Gasteiger partial charge is 0.327 e. The van der Waals surface area contributed by atoms with Crippen LogP contribution in [0, 0.1) is 16.7 Å². The Hall–Kier alpha value is -1.62. The molecule has 1 atom stereocenters. The van der Waals surface area contributed by atoms with Crippen LogP contribution in [-0.2, 0) is 19.4 Å². The summed E-state index contributed by atoms with van der Waals surface area (Å²) in [4.78, 5) is 21.7. The molecule has 1 amide bonds. The molecule has 7 nitrogen and oxygen atoms in total. The second-order valence-corrected chi connectivity index (χ2v) is 7.89. The maximum absolute atomic E-state index is 11.8. The van der Waals surface area contributed by atoms with Crippen LogP contribution in [0.3, 0.4) is 0 Å². The van der Waals surface area contributed by atoms with Gasteiger partial charge in [-0.05, 0) is 26.7 Å². The van der Waals surface area contributed by atoms with Gasteiger partial charge in [0.2, 0.25) is 5.91 Å². The second-order valence-electron chi connectivity index (χ2n) is 5.66. The average Bonchev–Trinajstić information content (AvgIpc) is 2.33. The molecule has 0 aliphatic carbocycles. The number of carboxylic acid groups (broad SMARTS) is 1. The van der Waals surface area contributed by atoms with E-state index in [1.807, 2.05) is 0 Å². The Morgan fingerprint density at radius 3 is 2.33 bits per heavy atom. The molecule has 0 spiro atoms. The summed E-state index contributed by atoms with van der Waals surface area (Å²) in [5.74, 6) is -2.74. The Balaban J connectivity index is 4.40. The molecule has 0 rings (SSSR count). The quantitative estimate of drug-likeness (QED) is 0.603. The molecule has 0 aromatic rings. The minimum absolute atomic E-state index is 0.155. The van der Waals surface area contributed by atoms with E-state index >= 15 is 0 Å². The molecular weight excluding hydrogens is 296 g/mol. The number of carbonyl (C=O) groups excluding carboxylic acids is 1. The van der Waals surface area contributed by atoms with Crippen molar-refractivity contribution in [3.63, 3.8) is 0 Å². The van der Waals surface area contributed by atoms with Gasteiger partial charge in [-0.15, -0.1) is 0 Å². The molecule has 0 aliphatic rings. The summed E-state index contributed by atoms with van der Waals surface area (Å²) in [6, 6.07) is 0.705. The third kappa shape index (κ3) is 9.02. The summed E-state index contributed by atoms with van der Waals surface area (Å²) < 4.78 is 23.7. The highest BCUT2D eigenvalue weighted by atomic mass is 32.2. The van der Waals surface area contributed by atoms with Crippen molar-refractivity contribution in [2.75, 3.05) is 11.5 Å². The number of sulfone groups is 1. The molecule has 2 N–H and O–H groups in total. The zero-order chi connectivity index (χ0) is 16.7. The minimum atomic E-state index is -3.57. The number of nitrogens with one attached hydrogen (secondary N) is 1. The number of nitriles is 1. The molecule has 0 aromatic carbocycles. The summed E-state index contributed by atoms with van der Waals surface area (Å²) in [6.45, 7) is 4.68. The molecule has 1 unspecified atom stereocenters. The summed E-state index contributed by atoms with van der Waals surface area (Å²) in [6.07, 6.45) is 1.50. The van der Waals surface area contributed by atoms with Crippen LogP contribution in [0.2, 0.25) is 0 Å². The zero-order valence-electron chi connectivity index (χ0n) is 12.5. The van der Waals surface area contributed by atoms with Crippen LogP contribution < -0.4 is 5.32 Å². The molecular formula is C13H22N2O5S. The van der Waals surface area contributed by atoms with Crippen LogP contribution in [0.25, 0.3) is 0 Å². The van der Waals surface area contributed by atoms with Crippen molar-refractivity contribution >= 4 is 21.7 Å². The van der Waals surface area contributed by atoms with E-state index in [1.54, 1.807) is 13.8 Å². The van der Waals surface area contributed by atoms with Crippen molar-refractivity contribution in [3.05, 3.63) is 0 Å². The number of unbranched alkanes of at least 4 members (excludes halogenated alkanes) is 1. The van der Waals surface area contributed by atoms with Crippen molar-refractivity contribution in [2.24, 2.45) is 5.41 Å². The van der Waals surface area contributed by atoms with E-state index in [-0.39, 0.29) is 5.75 Å². The summed E-state index contributed by atoms with van der Waals surface area (Å²) in [5, 5.41) is 19.8. The van der Waals surface area contributed by atoms with Crippen LogP contribution >= 0.6 is 0 Å². The van der Waals surface area contributed by atoms with Gasteiger partial charge in [-0.1, -0.05) is 6.42 Å². The molecule has 0 aliphatic heterocycles. The van der Waals surface area contributed by atoms with Crippen molar-refractivity contribution in [2.45, 2.75) is 46.1 Å². The van der Waals surface area contributed by atoms with E-state index in [4.69, 9.17) is 10.4 Å². The highest BCUT2D eigenvalue weighted by Gasteiger charge is 2.26. The molecule has 0 fully saturated rings. The SMILES string of the molecule is CC(=O)NC(CS(=O)(=O)CCCCC(C)(C)C#N)C(=O)O. The van der Waals surface area contributed by atoms with Gasteiger partial charge >= 0.3 is 5.97 Å². The predicted octanol–water partition coefficient (Wildman–Crippen LogP) is 0.711. The fourth-order valence-electron chi connectivity index (χ4n) is 1.70. The van der Waals surface area contributed by atoms with Crippen LogP contribution in [0.15, 0.2) is 0 Å². The Morgan fingerprint density at radius 2 is 1.90 bits per heavy atom. The van der Waals surface area contributed by atoms with Gasteiger partial charge in [-0.25, -0.2) is 13.2 Å². The van der Waals surface area contributed by atoms with Gasteiger partial charge in [0.15, 0.2) is 9.84 Å². The molecule has 120 valence electrons. The molecule has 8 heteroatoms. The lowest BCUT2D eigenvalue weighted by atomic mass is 9.89. The van der Waals surface area contributed by atoms with Gasteiger partial charge in [-0.2, -0.15) is 5.26 Å². The van der Waals surface area contributed by atoms with E-state index in [2.05, 4.69) is 11.4 Å². The number of rotatable bonds is 9. The molecule has 0 aromatic heterocycles. The van der Waals surface area contributed by atoms with Crippen LogP contribution in [0.1, 0.15) is 40.0 Å². The molecule has 0 saturated carbocycles. The van der Waals surface area contributed by atoms with Gasteiger partial charge in [-0.3, -0.25) is 4.79 Å². The largest absolute Gasteiger partial charge is 0.480 e. The predicted molar refractivity (Wildman–Crippen MR) is 77.1 cm³/mol. The summed E-state index contributed by atoms with van der Waals surface area (Å²) in [5.41, 5.74) is -0.496. The van der Waals surface area contributed by atoms with Crippen LogP contribution in [0.4, 0.5) is 0 Å². The van der Waals surface area contributed by atoms with E-state index in [0.29, 0.717) is 19.3 Å². The third-order valence-corrected chi connectivity index (χ3v) is 4.66. The average molecular weight is 318 g/mol. The molecule has 21 heavy (non-hydrogen) atoms. The number of hydrogen-bond donors (Lipinski definition) is 2. The standard InChI is InChI=1S/C13H22N2O5S/c1-10(16)15-11(12(17)18)8-21(19,20)7-5-4-6-13(2,3)9-14/h11H,4-8H2,1-3H3,(H,15,16)(H,17,18). The van der Waals surface area contributed by atoms with E-state index in [0.717, 1.165) is 6.92 Å². The topological polar surface area (TPSA) is 124 Å². The lowest BCUT2D eigenvalue weighted by Crippen LogP contribution is -2.44. The van der Waals surface area contributed by atoms with E-state index in [9.17, 15) is 18.0 Å². The second kappa shape index (κ2) is 7.98. The van der Waals surface area contributed by atoms with Crippen LogP contribution in [-0.4, -0.2) is 42.9 Å². The van der Waals surface area contributed by atoms with Gasteiger partial charge in [0, 0.05) is 6.92 Å². The lowest BCUT2D eigenvalue weighted by molar-refractivity contribution is -0.140. The molecule has 0 radical (unpaired) electrons. The monoisotopic (exact) mass is 318 g/mol. The first-order valence-electron chi connectivity index (χ1n) is 6.61. The molecule has 0 bridgehead atoms. The van der Waals surface area contributed by atoms with Crippen molar-refractivity contribution in [1.29, 1.82) is 5.26 Å². The Morgan fingerprint density at radius 1 is 1.33 bits per heavy atom. The van der Waals surface area contributed by atoms with Crippen molar-refractivity contribution in [3.8, 4) is 6.07 Å². The first kappa shape index (κ1) is 19.4. The summed E-state index contributed by atoms with van der Waals surface area (Å²) >= 11 is 0. The van der Waals surface area contributed by atoms with Crippen LogP contribution in [0.5, 0.6) is 0 Å². The lowest BCUT2D eigenvalue weighted by Gasteiger charge is -2.15. The zero-order valence-corrected chi connectivity index (χ0v) is 13.4. The minimum Gasteiger partial charge on any atom is -0.480 e.